The van der Waals surface area contributed by atoms with E-state index in [4.69, 9.17) is 4.74 Å². The zero-order valence-electron chi connectivity index (χ0n) is 29.7. The Morgan fingerprint density at radius 3 is 2.11 bits per heavy atom. The van der Waals surface area contributed by atoms with Crippen molar-refractivity contribution in [2.75, 3.05) is 0 Å². The standard InChI is InChI=1S/C38H60N2O5/c1-22(2)28-24(41)21-38(39-30(43)37(19-20-37)40-31(44)45-32(3,4)5)18-17-35(9)23(29(28)38)11-12-26-34(8)15-14-27(42)33(6,7)25(34)13-16-36(26,35)10/h22-23,25-27,42H,11-21H2,1-10H3,(H,39,43)(H,40,44)/t23-,25+,26-,27+,34+,35-,36-,38-/m1/s1. The van der Waals surface area contributed by atoms with Crippen LogP contribution in [-0.4, -0.2) is 45.7 Å². The Balaban J connectivity index is 1.34. The van der Waals surface area contributed by atoms with Gasteiger partial charge in [-0.25, -0.2) is 4.79 Å². The number of carbonyl (C=O) groups is 3. The molecule has 45 heavy (non-hydrogen) atoms. The number of nitrogens with one attached hydrogen (secondary N) is 2. The summed E-state index contributed by atoms with van der Waals surface area (Å²) >= 11 is 0. The predicted molar refractivity (Wildman–Crippen MR) is 175 cm³/mol. The van der Waals surface area contributed by atoms with Crippen molar-refractivity contribution in [3.63, 3.8) is 0 Å². The molecule has 5 fully saturated rings. The van der Waals surface area contributed by atoms with Gasteiger partial charge in [-0.05, 0) is 141 Å². The number of carbonyl (C=O) groups excluding carboxylic acids is 3. The number of alkyl carbamates (subject to hydrolysis) is 1. The third-order valence-corrected chi connectivity index (χ3v) is 14.7. The van der Waals surface area contributed by atoms with E-state index in [2.05, 4.69) is 59.1 Å². The normalized spacial score (nSPS) is 43.1. The average molecular weight is 625 g/mol. The minimum Gasteiger partial charge on any atom is -0.444 e. The Morgan fingerprint density at radius 2 is 1.51 bits per heavy atom. The number of ketones is 1. The fourth-order valence-electron chi connectivity index (χ4n) is 12.1. The molecule has 0 heterocycles. The lowest BCUT2D eigenvalue weighted by Crippen LogP contribution is -2.67. The van der Waals surface area contributed by atoms with Gasteiger partial charge in [0.2, 0.25) is 5.91 Å². The summed E-state index contributed by atoms with van der Waals surface area (Å²) in [4.78, 5) is 40.8. The first kappa shape index (κ1) is 33.0. The number of Topliss-reactive ketones (excluding diaryl/α,β-unsaturated/α-hetero) is 1. The molecule has 6 rings (SSSR count). The predicted octanol–water partition coefficient (Wildman–Crippen LogP) is 7.25. The van der Waals surface area contributed by atoms with E-state index in [-0.39, 0.29) is 51.3 Å². The van der Waals surface area contributed by atoms with Gasteiger partial charge in [0.25, 0.3) is 0 Å². The molecule has 6 aliphatic carbocycles. The van der Waals surface area contributed by atoms with E-state index in [0.717, 1.165) is 56.9 Å². The SMILES string of the molecule is CC(C)C1=C2[C@H]3CC[C@@H]4[C@@]5(C)CC[C@H](O)C(C)(C)[C@@H]5CC[C@@]4(C)[C@]3(C)CC[C@@]2(NC(=O)C2(NC(=O)OC(C)(C)C)CC2)CC1=O. The molecular formula is C38H60N2O5. The molecule has 0 aliphatic heterocycles. The van der Waals surface area contributed by atoms with Gasteiger partial charge in [-0.2, -0.15) is 0 Å². The highest BCUT2D eigenvalue weighted by molar-refractivity contribution is 6.03. The summed E-state index contributed by atoms with van der Waals surface area (Å²) in [5, 5.41) is 17.4. The highest BCUT2D eigenvalue weighted by Crippen LogP contribution is 2.75. The van der Waals surface area contributed by atoms with Crippen LogP contribution in [-0.2, 0) is 14.3 Å². The molecule has 0 saturated heterocycles. The van der Waals surface area contributed by atoms with Gasteiger partial charge < -0.3 is 20.5 Å². The maximum atomic E-state index is 14.1. The first-order chi connectivity index (χ1) is 20.7. The van der Waals surface area contributed by atoms with Crippen LogP contribution in [0.4, 0.5) is 4.79 Å². The van der Waals surface area contributed by atoms with Crippen LogP contribution >= 0.6 is 0 Å². The van der Waals surface area contributed by atoms with E-state index in [1.807, 2.05) is 20.8 Å². The quantitative estimate of drug-likeness (QED) is 0.306. The lowest BCUT2D eigenvalue weighted by Gasteiger charge is -2.72. The fourth-order valence-corrected chi connectivity index (χ4v) is 12.1. The number of ether oxygens (including phenoxy) is 1. The molecule has 6 aliphatic rings. The fraction of sp³-hybridized carbons (Fsp3) is 0.868. The van der Waals surface area contributed by atoms with E-state index < -0.39 is 22.8 Å². The van der Waals surface area contributed by atoms with Crippen LogP contribution in [0.15, 0.2) is 11.1 Å². The van der Waals surface area contributed by atoms with Crippen molar-refractivity contribution < 1.29 is 24.2 Å². The monoisotopic (exact) mass is 624 g/mol. The second-order valence-corrected chi connectivity index (χ2v) is 18.8. The molecule has 0 bridgehead atoms. The van der Waals surface area contributed by atoms with Gasteiger partial charge >= 0.3 is 6.09 Å². The molecule has 252 valence electrons. The average Bonchev–Trinajstić information content (AvgIpc) is 3.61. The number of aliphatic hydroxyl groups excluding tert-OH is 1. The number of rotatable bonds is 4. The number of amides is 2. The smallest absolute Gasteiger partial charge is 0.408 e. The van der Waals surface area contributed by atoms with Crippen LogP contribution < -0.4 is 10.6 Å². The Kier molecular flexibility index (Phi) is 7.38. The van der Waals surface area contributed by atoms with E-state index >= 15 is 0 Å². The second-order valence-electron chi connectivity index (χ2n) is 18.8. The lowest BCUT2D eigenvalue weighted by molar-refractivity contribution is -0.227. The molecule has 0 aromatic carbocycles. The highest BCUT2D eigenvalue weighted by Gasteiger charge is 2.70. The number of hydrogen-bond acceptors (Lipinski definition) is 5. The molecule has 5 saturated carbocycles. The molecule has 0 spiro atoms. The van der Waals surface area contributed by atoms with Gasteiger partial charge in [-0.3, -0.25) is 9.59 Å². The van der Waals surface area contributed by atoms with E-state index in [1.165, 1.54) is 5.57 Å². The second kappa shape index (κ2) is 10.1. The van der Waals surface area contributed by atoms with Gasteiger partial charge in [-0.1, -0.05) is 48.5 Å². The molecule has 3 N–H and O–H groups in total. The van der Waals surface area contributed by atoms with Crippen LogP contribution in [0.5, 0.6) is 0 Å². The van der Waals surface area contributed by atoms with Gasteiger partial charge in [0, 0.05) is 6.42 Å². The Morgan fingerprint density at radius 1 is 0.844 bits per heavy atom. The summed E-state index contributed by atoms with van der Waals surface area (Å²) in [5.74, 6) is 1.38. The third-order valence-electron chi connectivity index (χ3n) is 14.7. The lowest BCUT2D eigenvalue weighted by atomic mass is 9.33. The summed E-state index contributed by atoms with van der Waals surface area (Å²) < 4.78 is 5.51. The topological polar surface area (TPSA) is 105 Å². The van der Waals surface area contributed by atoms with E-state index in [1.54, 1.807) is 0 Å². The zero-order valence-corrected chi connectivity index (χ0v) is 29.7. The number of aliphatic hydroxyl groups is 1. The first-order valence-electron chi connectivity index (χ1n) is 18.0. The summed E-state index contributed by atoms with van der Waals surface area (Å²) in [5.41, 5.74) is 0.0440. The van der Waals surface area contributed by atoms with Gasteiger partial charge in [0.05, 0.1) is 11.6 Å². The van der Waals surface area contributed by atoms with Gasteiger partial charge in [-0.15, -0.1) is 0 Å². The number of allylic oxidation sites excluding steroid dienone is 1. The van der Waals surface area contributed by atoms with Crippen LogP contribution in [0.2, 0.25) is 0 Å². The summed E-state index contributed by atoms with van der Waals surface area (Å²) in [6, 6.07) is 0. The molecule has 0 unspecified atom stereocenters. The van der Waals surface area contributed by atoms with Crippen molar-refractivity contribution in [3.05, 3.63) is 11.1 Å². The largest absolute Gasteiger partial charge is 0.444 e. The van der Waals surface area contributed by atoms with Crippen molar-refractivity contribution in [2.24, 2.45) is 45.3 Å². The Hall–Kier alpha value is -1.89. The van der Waals surface area contributed by atoms with Crippen molar-refractivity contribution >= 4 is 17.8 Å². The molecular weight excluding hydrogens is 564 g/mol. The number of fused-ring (bicyclic) bond motifs is 7. The zero-order chi connectivity index (χ0) is 33.2. The molecule has 0 aromatic rings. The van der Waals surface area contributed by atoms with Crippen LogP contribution in [0.1, 0.15) is 140 Å². The highest BCUT2D eigenvalue weighted by atomic mass is 16.6. The van der Waals surface area contributed by atoms with Crippen molar-refractivity contribution in [1.29, 1.82) is 0 Å². The van der Waals surface area contributed by atoms with Gasteiger partial charge in [0.15, 0.2) is 5.78 Å². The first-order valence-corrected chi connectivity index (χ1v) is 18.0. The summed E-state index contributed by atoms with van der Waals surface area (Å²) in [7, 11) is 0. The van der Waals surface area contributed by atoms with Gasteiger partial charge in [0.1, 0.15) is 11.1 Å². The van der Waals surface area contributed by atoms with E-state index in [9.17, 15) is 19.5 Å². The molecule has 7 heteroatoms. The van der Waals surface area contributed by atoms with E-state index in [0.29, 0.717) is 31.1 Å². The van der Waals surface area contributed by atoms with Crippen molar-refractivity contribution in [3.8, 4) is 0 Å². The maximum Gasteiger partial charge on any atom is 0.408 e. The number of hydrogen-bond donors (Lipinski definition) is 3. The van der Waals surface area contributed by atoms with Crippen LogP contribution in [0.3, 0.4) is 0 Å². The van der Waals surface area contributed by atoms with Crippen LogP contribution in [0, 0.1) is 45.3 Å². The summed E-state index contributed by atoms with van der Waals surface area (Å²) in [6.45, 7) is 21.9. The molecule has 2 amide bonds. The van der Waals surface area contributed by atoms with Crippen LogP contribution in [0.25, 0.3) is 0 Å². The third kappa shape index (κ3) is 4.70. The van der Waals surface area contributed by atoms with Crippen molar-refractivity contribution in [1.82, 2.24) is 10.6 Å². The Bertz CT molecular complexity index is 1320. The molecule has 0 aromatic heterocycles. The molecule has 0 radical (unpaired) electrons. The Labute approximate surface area is 271 Å². The molecule has 7 nitrogen and oxygen atoms in total. The molecule has 8 atom stereocenters. The minimum absolute atomic E-state index is 0.00442. The maximum absolute atomic E-state index is 14.1. The minimum atomic E-state index is -0.971. The summed E-state index contributed by atoms with van der Waals surface area (Å²) in [6.07, 6.45) is 8.74. The van der Waals surface area contributed by atoms with Crippen molar-refractivity contribution in [2.45, 2.75) is 163 Å².